The minimum absolute atomic E-state index is 0.106. The topological polar surface area (TPSA) is 45.0 Å². The fourth-order valence-corrected chi connectivity index (χ4v) is 2.42. The zero-order valence-corrected chi connectivity index (χ0v) is 13.2. The van der Waals surface area contributed by atoms with Crippen molar-refractivity contribution in [3.05, 3.63) is 57.8 Å². The zero-order valence-electron chi connectivity index (χ0n) is 11.7. The average Bonchev–Trinajstić information content (AvgIpc) is 2.50. The molecule has 108 valence electrons. The summed E-state index contributed by atoms with van der Waals surface area (Å²) in [5.41, 5.74) is 2.04. The molecule has 0 spiro atoms. The number of nitrogens with zero attached hydrogens (tertiary/aromatic N) is 1. The van der Waals surface area contributed by atoms with Crippen LogP contribution in [0.5, 0.6) is 5.75 Å². The molecule has 3 nitrogen and oxygen atoms in total. The van der Waals surface area contributed by atoms with Gasteiger partial charge in [0.2, 0.25) is 0 Å². The summed E-state index contributed by atoms with van der Waals surface area (Å²) < 4.78 is 19.0. The Labute approximate surface area is 131 Å². The molecule has 0 fully saturated rings. The standard InChI is InChI=1S/C16H14BrFN2O/c1-10(11-6-7-14(18)13(17)8-11)20-16-12(9-19)4-3-5-15(16)21-2/h3-8,10,20H,1-2H3. The van der Waals surface area contributed by atoms with Gasteiger partial charge < -0.3 is 10.1 Å². The Morgan fingerprint density at radius 2 is 2.10 bits per heavy atom. The van der Waals surface area contributed by atoms with Gasteiger partial charge in [-0.25, -0.2) is 4.39 Å². The molecule has 0 aliphatic heterocycles. The van der Waals surface area contributed by atoms with Crippen LogP contribution in [0.4, 0.5) is 10.1 Å². The molecule has 1 atom stereocenters. The van der Waals surface area contributed by atoms with E-state index in [0.29, 0.717) is 21.5 Å². The Bertz CT molecular complexity index is 697. The first-order valence-electron chi connectivity index (χ1n) is 6.35. The second-order valence-electron chi connectivity index (χ2n) is 4.53. The van der Waals surface area contributed by atoms with Crippen LogP contribution in [0.1, 0.15) is 24.1 Å². The third kappa shape index (κ3) is 3.34. The van der Waals surface area contributed by atoms with E-state index in [9.17, 15) is 9.65 Å². The van der Waals surface area contributed by atoms with E-state index in [1.165, 1.54) is 6.07 Å². The molecule has 0 aromatic heterocycles. The number of hydrogen-bond donors (Lipinski definition) is 1. The van der Waals surface area contributed by atoms with E-state index in [1.54, 1.807) is 37.4 Å². The van der Waals surface area contributed by atoms with E-state index >= 15 is 0 Å². The molecule has 0 saturated carbocycles. The summed E-state index contributed by atoms with van der Waals surface area (Å²) in [6.07, 6.45) is 0. The zero-order chi connectivity index (χ0) is 15.4. The number of methoxy groups -OCH3 is 1. The van der Waals surface area contributed by atoms with Gasteiger partial charge in [0.05, 0.1) is 22.8 Å². The molecule has 0 aliphatic rings. The van der Waals surface area contributed by atoms with E-state index < -0.39 is 0 Å². The van der Waals surface area contributed by atoms with Crippen LogP contribution in [0, 0.1) is 17.1 Å². The summed E-state index contributed by atoms with van der Waals surface area (Å²) in [5.74, 6) is 0.294. The molecule has 0 radical (unpaired) electrons. The van der Waals surface area contributed by atoms with Crippen molar-refractivity contribution in [1.29, 1.82) is 5.26 Å². The molecule has 0 saturated heterocycles. The largest absolute Gasteiger partial charge is 0.495 e. The van der Waals surface area contributed by atoms with E-state index in [-0.39, 0.29) is 11.9 Å². The van der Waals surface area contributed by atoms with Gasteiger partial charge >= 0.3 is 0 Å². The number of rotatable bonds is 4. The summed E-state index contributed by atoms with van der Waals surface area (Å²) in [6.45, 7) is 1.94. The van der Waals surface area contributed by atoms with Crippen LogP contribution in [-0.2, 0) is 0 Å². The Hall–Kier alpha value is -2.06. The van der Waals surface area contributed by atoms with Crippen LogP contribution < -0.4 is 10.1 Å². The Kier molecular flexibility index (Phi) is 4.81. The van der Waals surface area contributed by atoms with Crippen molar-refractivity contribution in [3.8, 4) is 11.8 Å². The number of hydrogen-bond acceptors (Lipinski definition) is 3. The number of benzene rings is 2. The molecule has 2 aromatic carbocycles. The lowest BCUT2D eigenvalue weighted by atomic mass is 10.1. The highest BCUT2D eigenvalue weighted by molar-refractivity contribution is 9.10. The highest BCUT2D eigenvalue weighted by atomic mass is 79.9. The number of halogens is 2. The van der Waals surface area contributed by atoms with Crippen LogP contribution in [0.3, 0.4) is 0 Å². The van der Waals surface area contributed by atoms with Gasteiger partial charge in [-0.3, -0.25) is 0 Å². The van der Waals surface area contributed by atoms with E-state index in [2.05, 4.69) is 27.3 Å². The number of nitrogens with one attached hydrogen (secondary N) is 1. The summed E-state index contributed by atoms with van der Waals surface area (Å²) in [7, 11) is 1.56. The highest BCUT2D eigenvalue weighted by Gasteiger charge is 2.14. The molecule has 0 bridgehead atoms. The summed E-state index contributed by atoms with van der Waals surface area (Å²) >= 11 is 3.18. The molecule has 0 heterocycles. The molecule has 5 heteroatoms. The van der Waals surface area contributed by atoms with Gasteiger partial charge in [-0.05, 0) is 52.7 Å². The fourth-order valence-electron chi connectivity index (χ4n) is 2.02. The van der Waals surface area contributed by atoms with Crippen molar-refractivity contribution in [2.24, 2.45) is 0 Å². The van der Waals surface area contributed by atoms with Gasteiger partial charge in [-0.1, -0.05) is 12.1 Å². The maximum atomic E-state index is 13.3. The van der Waals surface area contributed by atoms with Crippen molar-refractivity contribution in [1.82, 2.24) is 0 Å². The third-order valence-electron chi connectivity index (χ3n) is 3.17. The van der Waals surface area contributed by atoms with Crippen LogP contribution in [0.15, 0.2) is 40.9 Å². The molecular weight excluding hydrogens is 335 g/mol. The van der Waals surface area contributed by atoms with Crippen LogP contribution in [0.25, 0.3) is 0 Å². The second kappa shape index (κ2) is 6.59. The van der Waals surface area contributed by atoms with E-state index in [0.717, 1.165) is 5.56 Å². The summed E-state index contributed by atoms with van der Waals surface area (Å²) in [4.78, 5) is 0. The number of ether oxygens (including phenoxy) is 1. The molecular formula is C16H14BrFN2O. The number of anilines is 1. The monoisotopic (exact) mass is 348 g/mol. The third-order valence-corrected chi connectivity index (χ3v) is 3.78. The van der Waals surface area contributed by atoms with Crippen molar-refractivity contribution >= 4 is 21.6 Å². The Morgan fingerprint density at radius 1 is 1.33 bits per heavy atom. The molecule has 2 rings (SSSR count). The van der Waals surface area contributed by atoms with Gasteiger partial charge in [0.1, 0.15) is 17.6 Å². The quantitative estimate of drug-likeness (QED) is 0.875. The predicted molar refractivity (Wildman–Crippen MR) is 83.8 cm³/mol. The normalized spacial score (nSPS) is 11.6. The summed E-state index contributed by atoms with van der Waals surface area (Å²) in [5, 5.41) is 12.5. The van der Waals surface area contributed by atoms with Crippen molar-refractivity contribution < 1.29 is 9.13 Å². The predicted octanol–water partition coefficient (Wildman–Crippen LogP) is 4.64. The smallest absolute Gasteiger partial charge is 0.143 e. The number of para-hydroxylation sites is 1. The SMILES string of the molecule is COc1cccc(C#N)c1NC(C)c1ccc(F)c(Br)c1. The van der Waals surface area contributed by atoms with Crippen LogP contribution in [0.2, 0.25) is 0 Å². The Morgan fingerprint density at radius 3 is 2.71 bits per heavy atom. The maximum absolute atomic E-state index is 13.3. The minimum Gasteiger partial charge on any atom is -0.495 e. The second-order valence-corrected chi connectivity index (χ2v) is 5.39. The van der Waals surface area contributed by atoms with Gasteiger partial charge in [-0.15, -0.1) is 0 Å². The van der Waals surface area contributed by atoms with Crippen molar-refractivity contribution in [2.45, 2.75) is 13.0 Å². The molecule has 21 heavy (non-hydrogen) atoms. The fraction of sp³-hybridized carbons (Fsp3) is 0.188. The molecule has 1 unspecified atom stereocenters. The van der Waals surface area contributed by atoms with Crippen LogP contribution >= 0.6 is 15.9 Å². The van der Waals surface area contributed by atoms with E-state index in [1.807, 2.05) is 6.92 Å². The van der Waals surface area contributed by atoms with Gasteiger partial charge in [0, 0.05) is 6.04 Å². The van der Waals surface area contributed by atoms with Crippen molar-refractivity contribution in [2.75, 3.05) is 12.4 Å². The van der Waals surface area contributed by atoms with Crippen LogP contribution in [-0.4, -0.2) is 7.11 Å². The Balaban J connectivity index is 2.33. The first-order valence-corrected chi connectivity index (χ1v) is 7.14. The number of nitriles is 1. The lowest BCUT2D eigenvalue weighted by molar-refractivity contribution is 0.416. The molecule has 0 amide bonds. The summed E-state index contributed by atoms with van der Waals surface area (Å²) in [6, 6.07) is 12.1. The first kappa shape index (κ1) is 15.3. The van der Waals surface area contributed by atoms with Gasteiger partial charge in [0.15, 0.2) is 0 Å². The maximum Gasteiger partial charge on any atom is 0.143 e. The lowest BCUT2D eigenvalue weighted by Crippen LogP contribution is -2.09. The highest BCUT2D eigenvalue weighted by Crippen LogP contribution is 2.32. The first-order chi connectivity index (χ1) is 10.1. The minimum atomic E-state index is -0.305. The average molecular weight is 349 g/mol. The van der Waals surface area contributed by atoms with Crippen molar-refractivity contribution in [3.63, 3.8) is 0 Å². The molecule has 0 aliphatic carbocycles. The molecule has 2 aromatic rings. The molecule has 1 N–H and O–H groups in total. The van der Waals surface area contributed by atoms with E-state index in [4.69, 9.17) is 4.74 Å². The van der Waals surface area contributed by atoms with Gasteiger partial charge in [-0.2, -0.15) is 5.26 Å². The van der Waals surface area contributed by atoms with Gasteiger partial charge in [0.25, 0.3) is 0 Å². The lowest BCUT2D eigenvalue weighted by Gasteiger charge is -2.19.